The van der Waals surface area contributed by atoms with Crippen LogP contribution in [0, 0.1) is 5.82 Å². The topological polar surface area (TPSA) is 50.7 Å². The lowest BCUT2D eigenvalue weighted by Crippen LogP contribution is -2.29. The van der Waals surface area contributed by atoms with Crippen LogP contribution in [0.4, 0.5) is 4.39 Å². The van der Waals surface area contributed by atoms with Crippen molar-refractivity contribution in [1.29, 1.82) is 0 Å². The summed E-state index contributed by atoms with van der Waals surface area (Å²) >= 11 is 0. The molecule has 0 bridgehead atoms. The molecule has 0 spiro atoms. The van der Waals surface area contributed by atoms with E-state index in [9.17, 15) is 9.50 Å². The average molecular weight is 331 g/mol. The Morgan fingerprint density at radius 2 is 2.17 bits per heavy atom. The molecule has 0 saturated heterocycles. The van der Waals surface area contributed by atoms with E-state index in [4.69, 9.17) is 9.47 Å². The number of rotatable bonds is 5. The van der Waals surface area contributed by atoms with Crippen molar-refractivity contribution in [3.8, 4) is 17.2 Å². The zero-order valence-corrected chi connectivity index (χ0v) is 13.9. The van der Waals surface area contributed by atoms with Crippen LogP contribution in [0.3, 0.4) is 0 Å². The summed E-state index contributed by atoms with van der Waals surface area (Å²) in [6.07, 6.45) is 0.833. The van der Waals surface area contributed by atoms with Gasteiger partial charge in [-0.15, -0.1) is 0 Å². The lowest BCUT2D eigenvalue weighted by atomic mass is 9.98. The van der Waals surface area contributed by atoms with Gasteiger partial charge in [0, 0.05) is 24.1 Å². The number of ether oxygens (including phenoxy) is 2. The molecule has 4 nitrogen and oxygen atoms in total. The fourth-order valence-corrected chi connectivity index (χ4v) is 3.00. The summed E-state index contributed by atoms with van der Waals surface area (Å²) in [7, 11) is 0. The van der Waals surface area contributed by atoms with Gasteiger partial charge in [0.1, 0.15) is 11.5 Å². The highest BCUT2D eigenvalue weighted by molar-refractivity contribution is 5.43. The number of phenolic OH excluding ortho intramolecular Hbond substituents is 1. The van der Waals surface area contributed by atoms with Gasteiger partial charge in [-0.3, -0.25) is 0 Å². The third-order valence-electron chi connectivity index (χ3n) is 4.25. The van der Waals surface area contributed by atoms with Crippen molar-refractivity contribution in [1.82, 2.24) is 5.32 Å². The Labute approximate surface area is 141 Å². The summed E-state index contributed by atoms with van der Waals surface area (Å²) in [5.74, 6) is 0.743. The molecule has 0 aromatic heterocycles. The van der Waals surface area contributed by atoms with Crippen LogP contribution in [-0.2, 0) is 0 Å². The molecule has 2 N–H and O–H groups in total. The van der Waals surface area contributed by atoms with Gasteiger partial charge in [-0.05, 0) is 49.7 Å². The van der Waals surface area contributed by atoms with Gasteiger partial charge in [0.25, 0.3) is 0 Å². The Balaban J connectivity index is 1.80. The molecule has 128 valence electrons. The highest BCUT2D eigenvalue weighted by atomic mass is 19.1. The molecular formula is C19H22FNO3. The largest absolute Gasteiger partial charge is 0.505 e. The number of nitrogens with one attached hydrogen (secondary N) is 1. The number of aromatic hydroxyl groups is 1. The molecule has 2 unspecified atom stereocenters. The fraction of sp³-hybridized carbons (Fsp3) is 0.368. The minimum atomic E-state index is -0.608. The van der Waals surface area contributed by atoms with Crippen molar-refractivity contribution < 1.29 is 19.0 Å². The minimum absolute atomic E-state index is 0.0387. The van der Waals surface area contributed by atoms with Crippen LogP contribution in [0.15, 0.2) is 36.4 Å². The van der Waals surface area contributed by atoms with Gasteiger partial charge < -0.3 is 19.9 Å². The van der Waals surface area contributed by atoms with Crippen molar-refractivity contribution in [3.05, 3.63) is 53.3 Å². The van der Waals surface area contributed by atoms with E-state index in [1.54, 1.807) is 6.07 Å². The third kappa shape index (κ3) is 3.46. The van der Waals surface area contributed by atoms with Crippen LogP contribution in [0.2, 0.25) is 0 Å². The van der Waals surface area contributed by atoms with E-state index in [1.165, 1.54) is 12.1 Å². The molecule has 5 heteroatoms. The number of fused-ring (bicyclic) bond motifs is 1. The maximum absolute atomic E-state index is 13.2. The third-order valence-corrected chi connectivity index (χ3v) is 4.25. The molecule has 0 fully saturated rings. The molecule has 2 aromatic rings. The summed E-state index contributed by atoms with van der Waals surface area (Å²) in [4.78, 5) is 0. The average Bonchev–Trinajstić information content (AvgIpc) is 2.58. The van der Waals surface area contributed by atoms with Crippen LogP contribution < -0.4 is 14.8 Å². The summed E-state index contributed by atoms with van der Waals surface area (Å²) in [6, 6.07) is 10.3. The number of benzene rings is 2. The molecule has 3 rings (SSSR count). The second kappa shape index (κ2) is 7.09. The normalized spacial score (nSPS) is 17.7. The molecule has 1 aliphatic rings. The first kappa shape index (κ1) is 16.6. The van der Waals surface area contributed by atoms with Crippen LogP contribution >= 0.6 is 0 Å². The first-order chi connectivity index (χ1) is 11.6. The zero-order chi connectivity index (χ0) is 17.1. The SMILES string of the molecule is CCOc1ccc2c(c1)C(NC(C)c1ccc(F)c(O)c1)CCO2. The lowest BCUT2D eigenvalue weighted by molar-refractivity contribution is 0.244. The van der Waals surface area contributed by atoms with E-state index in [2.05, 4.69) is 5.32 Å². The minimum Gasteiger partial charge on any atom is -0.505 e. The van der Waals surface area contributed by atoms with E-state index in [0.29, 0.717) is 13.2 Å². The van der Waals surface area contributed by atoms with Crippen molar-refractivity contribution in [2.24, 2.45) is 0 Å². The van der Waals surface area contributed by atoms with Gasteiger partial charge >= 0.3 is 0 Å². The molecule has 0 saturated carbocycles. The number of hydrogen-bond acceptors (Lipinski definition) is 4. The molecule has 0 radical (unpaired) electrons. The van der Waals surface area contributed by atoms with Crippen LogP contribution in [0.5, 0.6) is 17.2 Å². The first-order valence-electron chi connectivity index (χ1n) is 8.22. The van der Waals surface area contributed by atoms with Crippen LogP contribution in [-0.4, -0.2) is 18.3 Å². The fourth-order valence-electron chi connectivity index (χ4n) is 3.00. The van der Waals surface area contributed by atoms with Gasteiger partial charge in [-0.2, -0.15) is 0 Å². The van der Waals surface area contributed by atoms with Crippen molar-refractivity contribution >= 4 is 0 Å². The van der Waals surface area contributed by atoms with Crippen molar-refractivity contribution in [2.75, 3.05) is 13.2 Å². The highest BCUT2D eigenvalue weighted by Gasteiger charge is 2.24. The van der Waals surface area contributed by atoms with E-state index in [0.717, 1.165) is 29.0 Å². The first-order valence-corrected chi connectivity index (χ1v) is 8.22. The number of phenols is 1. The molecule has 1 aliphatic heterocycles. The van der Waals surface area contributed by atoms with E-state index >= 15 is 0 Å². The smallest absolute Gasteiger partial charge is 0.164 e. The maximum Gasteiger partial charge on any atom is 0.164 e. The summed E-state index contributed by atoms with van der Waals surface area (Å²) in [6.45, 7) is 5.20. The molecule has 0 aliphatic carbocycles. The molecule has 2 aromatic carbocycles. The monoisotopic (exact) mass is 331 g/mol. The van der Waals surface area contributed by atoms with E-state index in [-0.39, 0.29) is 17.8 Å². The van der Waals surface area contributed by atoms with Crippen molar-refractivity contribution in [2.45, 2.75) is 32.4 Å². The number of hydrogen-bond donors (Lipinski definition) is 2. The zero-order valence-electron chi connectivity index (χ0n) is 13.9. The molecule has 24 heavy (non-hydrogen) atoms. The quantitative estimate of drug-likeness (QED) is 0.866. The maximum atomic E-state index is 13.2. The second-order valence-electron chi connectivity index (χ2n) is 5.92. The Hall–Kier alpha value is -2.27. The van der Waals surface area contributed by atoms with Crippen molar-refractivity contribution in [3.63, 3.8) is 0 Å². The summed E-state index contributed by atoms with van der Waals surface area (Å²) in [5.41, 5.74) is 1.90. The standard InChI is InChI=1S/C19H22FNO3/c1-3-23-14-5-7-19-15(11-14)17(8-9-24-19)21-12(2)13-4-6-16(20)18(22)10-13/h4-7,10-12,17,21-22H,3,8-9H2,1-2H3. The number of halogens is 1. The second-order valence-corrected chi connectivity index (χ2v) is 5.92. The molecule has 0 amide bonds. The molecule has 2 atom stereocenters. The Bertz CT molecular complexity index is 720. The van der Waals surface area contributed by atoms with Gasteiger partial charge in [0.2, 0.25) is 0 Å². The van der Waals surface area contributed by atoms with Gasteiger partial charge in [-0.1, -0.05) is 6.07 Å². The van der Waals surface area contributed by atoms with Gasteiger partial charge in [0.15, 0.2) is 11.6 Å². The Kier molecular flexibility index (Phi) is 4.90. The van der Waals surface area contributed by atoms with Crippen LogP contribution in [0.25, 0.3) is 0 Å². The Morgan fingerprint density at radius 1 is 1.33 bits per heavy atom. The highest BCUT2D eigenvalue weighted by Crippen LogP contribution is 2.36. The predicted octanol–water partition coefficient (Wildman–Crippen LogP) is 4.10. The molecular weight excluding hydrogens is 309 g/mol. The lowest BCUT2D eigenvalue weighted by Gasteiger charge is -2.30. The Morgan fingerprint density at radius 3 is 2.92 bits per heavy atom. The molecule has 1 heterocycles. The van der Waals surface area contributed by atoms with Gasteiger partial charge in [0.05, 0.1) is 13.2 Å². The summed E-state index contributed by atoms with van der Waals surface area (Å²) in [5, 5.41) is 13.1. The van der Waals surface area contributed by atoms with E-state index < -0.39 is 5.82 Å². The van der Waals surface area contributed by atoms with E-state index in [1.807, 2.05) is 32.0 Å². The summed E-state index contributed by atoms with van der Waals surface area (Å²) < 4.78 is 24.5. The predicted molar refractivity (Wildman–Crippen MR) is 90.1 cm³/mol. The van der Waals surface area contributed by atoms with Crippen LogP contribution in [0.1, 0.15) is 43.5 Å². The van der Waals surface area contributed by atoms with Gasteiger partial charge in [-0.25, -0.2) is 4.39 Å².